The third-order valence-electron chi connectivity index (χ3n) is 3.34. The highest BCUT2D eigenvalue weighted by atomic mass is 19.4. The summed E-state index contributed by atoms with van der Waals surface area (Å²) < 4.78 is 42.4. The minimum atomic E-state index is -4.18. The van der Waals surface area contributed by atoms with Crippen LogP contribution in [-0.4, -0.2) is 25.9 Å². The summed E-state index contributed by atoms with van der Waals surface area (Å²) in [5.74, 6) is 0.339. The Labute approximate surface area is 111 Å². The number of rotatable bonds is 5. The fraction of sp³-hybridized carbons (Fsp3) is 0.571. The molecule has 0 saturated carbocycles. The Morgan fingerprint density at radius 2 is 2.00 bits per heavy atom. The molecule has 0 aliphatic carbocycles. The second kappa shape index (κ2) is 6.39. The molecule has 2 atom stereocenters. The van der Waals surface area contributed by atoms with E-state index < -0.39 is 12.7 Å². The highest BCUT2D eigenvalue weighted by Crippen LogP contribution is 2.27. The zero-order valence-electron chi connectivity index (χ0n) is 10.6. The molecule has 0 aromatic heterocycles. The maximum absolute atomic E-state index is 12.4. The van der Waals surface area contributed by atoms with Crippen LogP contribution in [0, 0.1) is 5.92 Å². The molecule has 2 nitrogen and oxygen atoms in total. The molecule has 1 aliphatic heterocycles. The molecule has 1 N–H and O–H groups in total. The Balaban J connectivity index is 2.00. The van der Waals surface area contributed by atoms with Gasteiger partial charge in [-0.2, -0.15) is 13.2 Å². The summed E-state index contributed by atoms with van der Waals surface area (Å²) in [5.41, 5.74) is 0.902. The molecule has 1 aliphatic rings. The van der Waals surface area contributed by atoms with Crippen LogP contribution < -0.4 is 5.32 Å². The van der Waals surface area contributed by atoms with Crippen LogP contribution in [0.4, 0.5) is 13.2 Å². The summed E-state index contributed by atoms with van der Waals surface area (Å²) in [5, 5.41) is 2.62. The van der Waals surface area contributed by atoms with Crippen molar-refractivity contribution in [2.45, 2.75) is 25.1 Å². The van der Waals surface area contributed by atoms with Gasteiger partial charge < -0.3 is 10.1 Å². The van der Waals surface area contributed by atoms with E-state index in [1.165, 1.54) is 0 Å². The number of hydrogen-bond acceptors (Lipinski definition) is 2. The van der Waals surface area contributed by atoms with Gasteiger partial charge >= 0.3 is 6.18 Å². The minimum Gasteiger partial charge on any atom is -0.381 e. The predicted molar refractivity (Wildman–Crippen MR) is 66.8 cm³/mol. The molecule has 0 unspecified atom stereocenters. The van der Waals surface area contributed by atoms with E-state index in [0.717, 1.165) is 12.0 Å². The third kappa shape index (κ3) is 4.84. The molecule has 0 spiro atoms. The average molecular weight is 273 g/mol. The Hall–Kier alpha value is -1.07. The summed E-state index contributed by atoms with van der Waals surface area (Å²) in [4.78, 5) is 0. The zero-order chi connectivity index (χ0) is 13.7. The quantitative estimate of drug-likeness (QED) is 0.888. The Morgan fingerprint density at radius 1 is 1.26 bits per heavy atom. The van der Waals surface area contributed by atoms with Gasteiger partial charge in [0.25, 0.3) is 0 Å². The van der Waals surface area contributed by atoms with Crippen LogP contribution >= 0.6 is 0 Å². The van der Waals surface area contributed by atoms with E-state index in [9.17, 15) is 13.2 Å². The van der Waals surface area contributed by atoms with Crippen molar-refractivity contribution in [3.8, 4) is 0 Å². The van der Waals surface area contributed by atoms with Gasteiger partial charge in [-0.15, -0.1) is 0 Å². The lowest BCUT2D eigenvalue weighted by Gasteiger charge is -2.22. The van der Waals surface area contributed by atoms with Crippen LogP contribution in [0.5, 0.6) is 0 Å². The predicted octanol–water partition coefficient (Wildman–Crippen LogP) is 3.31. The van der Waals surface area contributed by atoms with E-state index in [4.69, 9.17) is 4.74 Å². The normalized spacial score (nSPS) is 21.5. The zero-order valence-corrected chi connectivity index (χ0v) is 10.6. The Morgan fingerprint density at radius 3 is 2.58 bits per heavy atom. The number of alkyl halides is 3. The van der Waals surface area contributed by atoms with Gasteiger partial charge in [-0.1, -0.05) is 30.3 Å². The van der Waals surface area contributed by atoms with Crippen molar-refractivity contribution in [2.24, 2.45) is 5.92 Å². The van der Waals surface area contributed by atoms with Crippen LogP contribution in [0.15, 0.2) is 30.3 Å². The molecule has 1 aromatic rings. The molecule has 0 bridgehead atoms. The van der Waals surface area contributed by atoms with Crippen molar-refractivity contribution in [2.75, 3.05) is 19.8 Å². The van der Waals surface area contributed by atoms with Gasteiger partial charge in [0, 0.05) is 19.3 Å². The molecule has 1 fully saturated rings. The van der Waals surface area contributed by atoms with Crippen molar-refractivity contribution in [1.82, 2.24) is 5.32 Å². The van der Waals surface area contributed by atoms with E-state index in [1.54, 1.807) is 0 Å². The SMILES string of the molecule is FC(F)(F)CN[C@H](C[C@@H]1CCOC1)c1ccccc1. The Bertz CT molecular complexity index is 374. The van der Waals surface area contributed by atoms with Crippen LogP contribution in [-0.2, 0) is 4.74 Å². The van der Waals surface area contributed by atoms with Crippen molar-refractivity contribution < 1.29 is 17.9 Å². The molecule has 1 heterocycles. The lowest BCUT2D eigenvalue weighted by Crippen LogP contribution is -2.33. The summed E-state index contributed by atoms with van der Waals surface area (Å²) in [6.07, 6.45) is -2.57. The van der Waals surface area contributed by atoms with Crippen molar-refractivity contribution in [3.63, 3.8) is 0 Å². The van der Waals surface area contributed by atoms with Crippen molar-refractivity contribution in [3.05, 3.63) is 35.9 Å². The largest absolute Gasteiger partial charge is 0.401 e. The minimum absolute atomic E-state index is 0.269. The number of hydrogen-bond donors (Lipinski definition) is 1. The maximum atomic E-state index is 12.4. The monoisotopic (exact) mass is 273 g/mol. The first-order chi connectivity index (χ1) is 9.04. The van der Waals surface area contributed by atoms with Crippen molar-refractivity contribution in [1.29, 1.82) is 0 Å². The summed E-state index contributed by atoms with van der Waals surface area (Å²) >= 11 is 0. The summed E-state index contributed by atoms with van der Waals surface area (Å²) in [6.45, 7) is 0.405. The maximum Gasteiger partial charge on any atom is 0.401 e. The third-order valence-corrected chi connectivity index (χ3v) is 3.34. The standard InChI is InChI=1S/C14H18F3NO/c15-14(16,17)10-18-13(8-11-6-7-19-9-11)12-4-2-1-3-5-12/h1-5,11,13,18H,6-10H2/t11-,13+/m0/s1. The molecule has 1 saturated heterocycles. The van der Waals surface area contributed by atoms with Gasteiger partial charge in [-0.25, -0.2) is 0 Å². The molecular weight excluding hydrogens is 255 g/mol. The van der Waals surface area contributed by atoms with Gasteiger partial charge in [0.05, 0.1) is 6.54 Å². The molecule has 2 rings (SSSR count). The Kier molecular flexibility index (Phi) is 4.82. The average Bonchev–Trinajstić information content (AvgIpc) is 2.87. The number of halogens is 3. The molecule has 19 heavy (non-hydrogen) atoms. The summed E-state index contributed by atoms with van der Waals surface area (Å²) in [6, 6.07) is 9.02. The molecule has 106 valence electrons. The highest BCUT2D eigenvalue weighted by Gasteiger charge is 2.29. The smallest absolute Gasteiger partial charge is 0.381 e. The first kappa shape index (κ1) is 14.3. The fourth-order valence-electron chi connectivity index (χ4n) is 2.36. The molecular formula is C14H18F3NO. The van der Waals surface area contributed by atoms with Crippen LogP contribution in [0.1, 0.15) is 24.4 Å². The van der Waals surface area contributed by atoms with E-state index in [2.05, 4.69) is 5.32 Å². The fourth-order valence-corrected chi connectivity index (χ4v) is 2.36. The van der Waals surface area contributed by atoms with Crippen LogP contribution in [0.2, 0.25) is 0 Å². The van der Waals surface area contributed by atoms with E-state index in [-0.39, 0.29) is 6.04 Å². The van der Waals surface area contributed by atoms with E-state index >= 15 is 0 Å². The van der Waals surface area contributed by atoms with Crippen LogP contribution in [0.3, 0.4) is 0 Å². The molecule has 1 aromatic carbocycles. The molecule has 0 amide bonds. The second-order valence-corrected chi connectivity index (χ2v) is 4.92. The van der Waals surface area contributed by atoms with Gasteiger partial charge in [0.1, 0.15) is 0 Å². The van der Waals surface area contributed by atoms with Crippen LogP contribution in [0.25, 0.3) is 0 Å². The second-order valence-electron chi connectivity index (χ2n) is 4.92. The molecule has 5 heteroatoms. The van der Waals surface area contributed by atoms with Gasteiger partial charge in [-0.05, 0) is 24.3 Å². The number of ether oxygens (including phenoxy) is 1. The molecule has 0 radical (unpaired) electrons. The lowest BCUT2D eigenvalue weighted by atomic mass is 9.94. The first-order valence-corrected chi connectivity index (χ1v) is 6.47. The van der Waals surface area contributed by atoms with Crippen molar-refractivity contribution >= 4 is 0 Å². The van der Waals surface area contributed by atoms with E-state index in [0.29, 0.717) is 25.6 Å². The summed E-state index contributed by atoms with van der Waals surface area (Å²) in [7, 11) is 0. The van der Waals surface area contributed by atoms with Gasteiger partial charge in [0.2, 0.25) is 0 Å². The topological polar surface area (TPSA) is 21.3 Å². The number of benzene rings is 1. The van der Waals surface area contributed by atoms with Gasteiger partial charge in [-0.3, -0.25) is 0 Å². The van der Waals surface area contributed by atoms with Gasteiger partial charge in [0.15, 0.2) is 0 Å². The highest BCUT2D eigenvalue weighted by molar-refractivity contribution is 5.19. The lowest BCUT2D eigenvalue weighted by molar-refractivity contribution is -0.126. The first-order valence-electron chi connectivity index (χ1n) is 6.47. The van der Waals surface area contributed by atoms with E-state index in [1.807, 2.05) is 30.3 Å². The number of nitrogens with one attached hydrogen (secondary N) is 1.